The number of rotatable bonds is 12. The van der Waals surface area contributed by atoms with Crippen molar-refractivity contribution in [3.63, 3.8) is 0 Å². The number of oxazole rings is 1. The minimum atomic E-state index is 0.587. The van der Waals surface area contributed by atoms with Crippen molar-refractivity contribution in [3.05, 3.63) is 193 Å². The number of para-hydroxylation sites is 2. The molecule has 0 bridgehead atoms. The van der Waals surface area contributed by atoms with E-state index in [1.807, 2.05) is 13.0 Å². The van der Waals surface area contributed by atoms with Gasteiger partial charge in [-0.2, -0.15) is 0 Å². The molecule has 7 rings (SSSR count). The third-order valence-electron chi connectivity index (χ3n) is 9.54. The van der Waals surface area contributed by atoms with Gasteiger partial charge in [0, 0.05) is 33.5 Å². The van der Waals surface area contributed by atoms with Crippen LogP contribution in [0.3, 0.4) is 0 Å². The van der Waals surface area contributed by atoms with E-state index < -0.39 is 0 Å². The molecule has 0 amide bonds. The van der Waals surface area contributed by atoms with Crippen LogP contribution in [0.2, 0.25) is 0 Å². The van der Waals surface area contributed by atoms with Crippen molar-refractivity contribution in [2.75, 3.05) is 4.90 Å². The molecule has 0 aliphatic carbocycles. The summed E-state index contributed by atoms with van der Waals surface area (Å²) in [7, 11) is 0. The van der Waals surface area contributed by atoms with Crippen LogP contribution in [0.1, 0.15) is 42.5 Å². The molecular formula is C50H44N2O. The average molecular weight is 689 g/mol. The highest BCUT2D eigenvalue weighted by molar-refractivity contribution is 5.96. The van der Waals surface area contributed by atoms with E-state index in [0.29, 0.717) is 5.89 Å². The number of anilines is 3. The Labute approximate surface area is 313 Å². The molecule has 1 aromatic heterocycles. The van der Waals surface area contributed by atoms with Crippen molar-refractivity contribution >= 4 is 40.3 Å². The van der Waals surface area contributed by atoms with E-state index in [1.165, 1.54) is 11.1 Å². The number of benzene rings is 6. The number of fused-ring (bicyclic) bond motifs is 1. The summed E-state index contributed by atoms with van der Waals surface area (Å²) in [5.74, 6) is 0.587. The number of nitrogens with zero attached hydrogens (tertiary/aromatic N) is 2. The summed E-state index contributed by atoms with van der Waals surface area (Å²) in [5, 5.41) is 0. The molecular weight excluding hydrogens is 645 g/mol. The number of hydrogen-bond acceptors (Lipinski definition) is 3. The van der Waals surface area contributed by atoms with Crippen molar-refractivity contribution in [2.24, 2.45) is 0 Å². The van der Waals surface area contributed by atoms with Gasteiger partial charge in [0.2, 0.25) is 5.89 Å². The highest BCUT2D eigenvalue weighted by Crippen LogP contribution is 2.45. The Balaban J connectivity index is 1.40. The predicted octanol–water partition coefficient (Wildman–Crippen LogP) is 14.3. The van der Waals surface area contributed by atoms with Gasteiger partial charge in [0.1, 0.15) is 5.52 Å². The van der Waals surface area contributed by atoms with Gasteiger partial charge in [-0.3, -0.25) is 0 Å². The Hall–Kier alpha value is -6.45. The minimum Gasteiger partial charge on any atom is -0.435 e. The van der Waals surface area contributed by atoms with Crippen molar-refractivity contribution in [3.8, 4) is 33.7 Å². The second-order valence-electron chi connectivity index (χ2n) is 13.3. The van der Waals surface area contributed by atoms with E-state index in [0.717, 1.165) is 85.5 Å². The number of allylic oxidation sites excluding steroid dienone is 4. The molecule has 0 spiro atoms. The molecule has 0 aliphatic heterocycles. The molecule has 0 radical (unpaired) electrons. The van der Waals surface area contributed by atoms with Gasteiger partial charge >= 0.3 is 0 Å². The van der Waals surface area contributed by atoms with E-state index in [4.69, 9.17) is 9.40 Å². The van der Waals surface area contributed by atoms with Crippen LogP contribution in [0.4, 0.5) is 17.1 Å². The summed E-state index contributed by atoms with van der Waals surface area (Å²) in [5.41, 5.74) is 16.0. The molecule has 1 heterocycles. The molecule has 0 aliphatic rings. The van der Waals surface area contributed by atoms with Crippen LogP contribution >= 0.6 is 0 Å². The van der Waals surface area contributed by atoms with Crippen molar-refractivity contribution < 1.29 is 4.42 Å². The maximum atomic E-state index is 6.73. The zero-order chi connectivity index (χ0) is 36.7. The third-order valence-corrected chi connectivity index (χ3v) is 9.54. The first-order valence-electron chi connectivity index (χ1n) is 18.2. The van der Waals surface area contributed by atoms with Gasteiger partial charge < -0.3 is 9.32 Å². The fourth-order valence-corrected chi connectivity index (χ4v) is 7.07. The molecule has 0 saturated carbocycles. The zero-order valence-corrected chi connectivity index (χ0v) is 30.7. The molecule has 0 saturated heterocycles. The van der Waals surface area contributed by atoms with E-state index >= 15 is 0 Å². The maximum Gasteiger partial charge on any atom is 0.227 e. The minimum absolute atomic E-state index is 0.587. The molecule has 7 aromatic rings. The number of hydrogen-bond donors (Lipinski definition) is 0. The number of aromatic nitrogens is 1. The lowest BCUT2D eigenvalue weighted by Gasteiger charge is -2.30. The molecule has 0 N–H and O–H groups in total. The smallest absolute Gasteiger partial charge is 0.227 e. The quantitative estimate of drug-likeness (QED) is 0.120. The largest absolute Gasteiger partial charge is 0.435 e. The Morgan fingerprint density at radius 1 is 0.698 bits per heavy atom. The normalized spacial score (nSPS) is 11.5. The van der Waals surface area contributed by atoms with Gasteiger partial charge in [-0.15, -0.1) is 6.58 Å². The summed E-state index contributed by atoms with van der Waals surface area (Å²) in [6, 6.07) is 47.0. The maximum absolute atomic E-state index is 6.73. The fraction of sp³-hybridized carbons (Fsp3) is 0.100. The summed E-state index contributed by atoms with van der Waals surface area (Å²) in [4.78, 5) is 7.53. The van der Waals surface area contributed by atoms with Crippen molar-refractivity contribution in [1.29, 1.82) is 0 Å². The van der Waals surface area contributed by atoms with Crippen LogP contribution in [-0.2, 0) is 6.42 Å². The Morgan fingerprint density at radius 2 is 1.26 bits per heavy atom. The van der Waals surface area contributed by atoms with Crippen LogP contribution in [0.5, 0.6) is 0 Å². The monoisotopic (exact) mass is 688 g/mol. The van der Waals surface area contributed by atoms with Gasteiger partial charge in [-0.05, 0) is 92.3 Å². The van der Waals surface area contributed by atoms with E-state index in [-0.39, 0.29) is 0 Å². The topological polar surface area (TPSA) is 29.3 Å². The van der Waals surface area contributed by atoms with Crippen LogP contribution in [0.25, 0.3) is 57.0 Å². The molecule has 0 atom stereocenters. The highest BCUT2D eigenvalue weighted by Gasteiger charge is 2.23. The lowest BCUT2D eigenvalue weighted by atomic mass is 9.90. The van der Waals surface area contributed by atoms with Gasteiger partial charge in [-0.1, -0.05) is 140 Å². The first-order valence-corrected chi connectivity index (χ1v) is 18.2. The summed E-state index contributed by atoms with van der Waals surface area (Å²) >= 11 is 0. The SMILES string of the molecule is C=CC/C=C\c1c(C)c(CC(=C)C)c(/C=C\C)c2oc(-c3ccc(N(c4ccccc4-c4ccccc4)c4ccccc4-c4ccccc4)cc3)nc12. The first-order chi connectivity index (χ1) is 26.0. The van der Waals surface area contributed by atoms with Crippen molar-refractivity contribution in [2.45, 2.75) is 33.6 Å². The van der Waals surface area contributed by atoms with Crippen LogP contribution < -0.4 is 4.90 Å². The lowest BCUT2D eigenvalue weighted by molar-refractivity contribution is 0.618. The zero-order valence-electron chi connectivity index (χ0n) is 30.7. The van der Waals surface area contributed by atoms with Crippen molar-refractivity contribution in [1.82, 2.24) is 4.98 Å². The van der Waals surface area contributed by atoms with Crippen LogP contribution in [0.15, 0.2) is 175 Å². The van der Waals surface area contributed by atoms with Gasteiger partial charge in [-0.25, -0.2) is 4.98 Å². The summed E-state index contributed by atoms with van der Waals surface area (Å²) in [6.45, 7) is 14.4. The van der Waals surface area contributed by atoms with Gasteiger partial charge in [0.15, 0.2) is 5.58 Å². The predicted molar refractivity (Wildman–Crippen MR) is 227 cm³/mol. The molecule has 260 valence electrons. The van der Waals surface area contributed by atoms with E-state index in [2.05, 4.69) is 190 Å². The Kier molecular flexibility index (Phi) is 10.5. The highest BCUT2D eigenvalue weighted by atomic mass is 16.3. The lowest BCUT2D eigenvalue weighted by Crippen LogP contribution is -2.12. The average Bonchev–Trinajstić information content (AvgIpc) is 3.64. The van der Waals surface area contributed by atoms with E-state index in [1.54, 1.807) is 0 Å². The molecule has 6 aromatic carbocycles. The Morgan fingerprint density at radius 3 is 1.81 bits per heavy atom. The van der Waals surface area contributed by atoms with Gasteiger partial charge in [0.05, 0.1) is 11.4 Å². The fourth-order valence-electron chi connectivity index (χ4n) is 7.07. The van der Waals surface area contributed by atoms with Crippen LogP contribution in [-0.4, -0.2) is 4.98 Å². The van der Waals surface area contributed by atoms with E-state index in [9.17, 15) is 0 Å². The summed E-state index contributed by atoms with van der Waals surface area (Å²) < 4.78 is 6.73. The molecule has 3 nitrogen and oxygen atoms in total. The molecule has 0 fully saturated rings. The molecule has 53 heavy (non-hydrogen) atoms. The standard InChI is InChI=1S/C50H44N2O/c1-6-8-11-25-41-36(5)45(34-35(3)4)44(20-7-2)49-48(41)51-50(53-49)39-30-32-40(33-31-39)52(46-28-18-16-26-42(46)37-21-12-9-13-22-37)47-29-19-17-27-43(47)38-23-14-10-15-24-38/h6-7,9-33H,1,3,8,34H2,2,4-5H3/b20-7-,25-11-. The third kappa shape index (κ3) is 7.20. The van der Waals surface area contributed by atoms with Crippen LogP contribution in [0, 0.1) is 6.92 Å². The summed E-state index contributed by atoms with van der Waals surface area (Å²) in [6.07, 6.45) is 11.9. The second kappa shape index (κ2) is 15.8. The van der Waals surface area contributed by atoms with Gasteiger partial charge in [0.25, 0.3) is 0 Å². The first kappa shape index (κ1) is 35.0. The molecule has 3 heteroatoms. The molecule has 0 unspecified atom stereocenters. The second-order valence-corrected chi connectivity index (χ2v) is 13.3. The Bertz CT molecular complexity index is 2370.